The Morgan fingerprint density at radius 2 is 1.80 bits per heavy atom. The molecular formula is C20H30N2O7S. The molecule has 168 valence electrons. The molecule has 1 amide bonds. The van der Waals surface area contributed by atoms with Crippen molar-refractivity contribution in [2.75, 3.05) is 27.3 Å². The monoisotopic (exact) mass is 442 g/mol. The number of rotatable bonds is 9. The molecule has 30 heavy (non-hydrogen) atoms. The van der Waals surface area contributed by atoms with Crippen molar-refractivity contribution >= 4 is 21.9 Å². The molecule has 0 spiro atoms. The Morgan fingerprint density at radius 1 is 1.20 bits per heavy atom. The molecule has 1 fully saturated rings. The number of carbonyl (C=O) groups is 2. The van der Waals surface area contributed by atoms with Gasteiger partial charge in [0.15, 0.2) is 11.5 Å². The van der Waals surface area contributed by atoms with E-state index >= 15 is 0 Å². The van der Waals surface area contributed by atoms with Crippen LogP contribution in [0.4, 0.5) is 0 Å². The first-order valence-corrected chi connectivity index (χ1v) is 11.3. The average Bonchev–Trinajstić information content (AvgIpc) is 2.75. The van der Waals surface area contributed by atoms with Gasteiger partial charge in [0.2, 0.25) is 15.9 Å². The van der Waals surface area contributed by atoms with Gasteiger partial charge in [-0.25, -0.2) is 13.2 Å². The molecule has 1 aromatic rings. The molecule has 1 aliphatic rings. The number of ether oxygens (including phenoxy) is 2. The minimum atomic E-state index is -3.75. The number of carboxylic acid groups (broad SMARTS) is 1. The van der Waals surface area contributed by atoms with Gasteiger partial charge in [-0.1, -0.05) is 20.3 Å². The number of carbonyl (C=O) groups excluding carboxylic acids is 1. The van der Waals surface area contributed by atoms with Crippen LogP contribution in [0.2, 0.25) is 0 Å². The van der Waals surface area contributed by atoms with Crippen molar-refractivity contribution < 1.29 is 32.6 Å². The third-order valence-electron chi connectivity index (χ3n) is 5.59. The second-order valence-corrected chi connectivity index (χ2v) is 9.34. The van der Waals surface area contributed by atoms with Crippen LogP contribution in [0, 0.1) is 11.8 Å². The molecular weight excluding hydrogens is 412 g/mol. The van der Waals surface area contributed by atoms with Crippen LogP contribution in [0.5, 0.6) is 11.5 Å². The van der Waals surface area contributed by atoms with Gasteiger partial charge < -0.3 is 19.9 Å². The number of sulfonamides is 1. The zero-order valence-electron chi connectivity index (χ0n) is 17.8. The zero-order valence-corrected chi connectivity index (χ0v) is 18.6. The minimum absolute atomic E-state index is 0.0887. The summed E-state index contributed by atoms with van der Waals surface area (Å²) in [5.74, 6) is -1.28. The smallest absolute Gasteiger partial charge is 0.326 e. The molecule has 10 heteroatoms. The predicted molar refractivity (Wildman–Crippen MR) is 110 cm³/mol. The van der Waals surface area contributed by atoms with Crippen molar-refractivity contribution in [3.05, 3.63) is 18.2 Å². The largest absolute Gasteiger partial charge is 0.493 e. The van der Waals surface area contributed by atoms with E-state index in [4.69, 9.17) is 9.47 Å². The van der Waals surface area contributed by atoms with Crippen molar-refractivity contribution in [2.45, 2.75) is 44.0 Å². The van der Waals surface area contributed by atoms with Crippen LogP contribution in [0.25, 0.3) is 0 Å². The quantitative estimate of drug-likeness (QED) is 0.597. The van der Waals surface area contributed by atoms with Crippen molar-refractivity contribution in [1.29, 1.82) is 0 Å². The van der Waals surface area contributed by atoms with Crippen LogP contribution in [-0.4, -0.2) is 63.1 Å². The van der Waals surface area contributed by atoms with Crippen LogP contribution >= 0.6 is 0 Å². The lowest BCUT2D eigenvalue weighted by atomic mass is 9.94. The van der Waals surface area contributed by atoms with Gasteiger partial charge in [-0.15, -0.1) is 0 Å². The molecule has 0 aromatic heterocycles. The molecule has 0 unspecified atom stereocenters. The van der Waals surface area contributed by atoms with Gasteiger partial charge in [-0.05, 0) is 30.9 Å². The molecule has 0 aliphatic carbocycles. The Labute approximate surface area is 177 Å². The Kier molecular flexibility index (Phi) is 8.08. The van der Waals surface area contributed by atoms with Crippen molar-refractivity contribution in [3.8, 4) is 11.5 Å². The predicted octanol–water partition coefficient (Wildman–Crippen LogP) is 1.72. The number of aliphatic carboxylic acids is 1. The van der Waals surface area contributed by atoms with Crippen molar-refractivity contribution in [2.24, 2.45) is 11.8 Å². The number of hydrogen-bond acceptors (Lipinski definition) is 6. The van der Waals surface area contributed by atoms with Gasteiger partial charge in [0, 0.05) is 25.1 Å². The van der Waals surface area contributed by atoms with Gasteiger partial charge in [0.1, 0.15) is 6.04 Å². The highest BCUT2D eigenvalue weighted by atomic mass is 32.2. The molecule has 2 N–H and O–H groups in total. The highest BCUT2D eigenvalue weighted by Gasteiger charge is 2.34. The Hall–Kier alpha value is -2.33. The third kappa shape index (κ3) is 5.23. The summed E-state index contributed by atoms with van der Waals surface area (Å²) in [7, 11) is -0.848. The summed E-state index contributed by atoms with van der Waals surface area (Å²) in [4.78, 5) is 24.1. The number of benzene rings is 1. The third-order valence-corrected chi connectivity index (χ3v) is 7.49. The highest BCUT2D eigenvalue weighted by Crippen LogP contribution is 2.32. The lowest BCUT2D eigenvalue weighted by Gasteiger charge is -2.31. The van der Waals surface area contributed by atoms with Crippen LogP contribution in [0.15, 0.2) is 23.1 Å². The molecule has 0 saturated carbocycles. The zero-order chi connectivity index (χ0) is 22.5. The SMILES string of the molecule is CC[C@@H](C)[C@@H](NC(=O)C1CCN(S(=O)(=O)c2ccc(OC)c(OC)c2)CC1)C(=O)O. The maximum Gasteiger partial charge on any atom is 0.326 e. The number of nitrogens with zero attached hydrogens (tertiary/aromatic N) is 1. The van der Waals surface area contributed by atoms with Crippen molar-refractivity contribution in [1.82, 2.24) is 9.62 Å². The summed E-state index contributed by atoms with van der Waals surface area (Å²) in [6.45, 7) is 3.99. The van der Waals surface area contributed by atoms with Crippen LogP contribution in [-0.2, 0) is 19.6 Å². The molecule has 0 bridgehead atoms. The van der Waals surface area contributed by atoms with E-state index in [0.717, 1.165) is 0 Å². The Bertz CT molecular complexity index is 864. The van der Waals surface area contributed by atoms with Crippen LogP contribution in [0.1, 0.15) is 33.1 Å². The molecule has 2 rings (SSSR count). The van der Waals surface area contributed by atoms with E-state index in [0.29, 0.717) is 30.8 Å². The number of nitrogens with one attached hydrogen (secondary N) is 1. The highest BCUT2D eigenvalue weighted by molar-refractivity contribution is 7.89. The molecule has 1 aliphatic heterocycles. The molecule has 1 aromatic carbocycles. The summed E-state index contributed by atoms with van der Waals surface area (Å²) >= 11 is 0. The lowest BCUT2D eigenvalue weighted by Crippen LogP contribution is -2.49. The van der Waals surface area contributed by atoms with Crippen LogP contribution < -0.4 is 14.8 Å². The lowest BCUT2D eigenvalue weighted by molar-refractivity contribution is -0.144. The van der Waals surface area contributed by atoms with Gasteiger partial charge in [0.05, 0.1) is 19.1 Å². The number of hydrogen-bond donors (Lipinski definition) is 2. The van der Waals surface area contributed by atoms with E-state index in [9.17, 15) is 23.1 Å². The second-order valence-electron chi connectivity index (χ2n) is 7.41. The summed E-state index contributed by atoms with van der Waals surface area (Å²) in [6.07, 6.45) is 1.27. The molecule has 2 atom stereocenters. The number of piperidine rings is 1. The summed E-state index contributed by atoms with van der Waals surface area (Å²) in [5.41, 5.74) is 0. The molecule has 0 radical (unpaired) electrons. The first-order chi connectivity index (χ1) is 14.1. The number of amides is 1. The minimum Gasteiger partial charge on any atom is -0.493 e. The van der Waals surface area contributed by atoms with E-state index in [1.807, 2.05) is 6.92 Å². The maximum absolute atomic E-state index is 13.0. The fourth-order valence-corrected chi connectivity index (χ4v) is 4.92. The molecule has 9 nitrogen and oxygen atoms in total. The summed E-state index contributed by atoms with van der Waals surface area (Å²) in [6, 6.07) is 3.46. The van der Waals surface area contributed by atoms with E-state index < -0.39 is 28.0 Å². The molecule has 1 saturated heterocycles. The Balaban J connectivity index is 2.05. The van der Waals surface area contributed by atoms with Gasteiger partial charge >= 0.3 is 5.97 Å². The van der Waals surface area contributed by atoms with Crippen molar-refractivity contribution in [3.63, 3.8) is 0 Å². The summed E-state index contributed by atoms with van der Waals surface area (Å²) < 4.78 is 37.6. The maximum atomic E-state index is 13.0. The van der Waals surface area contributed by atoms with E-state index in [-0.39, 0.29) is 29.8 Å². The topological polar surface area (TPSA) is 122 Å². The van der Waals surface area contributed by atoms with Gasteiger partial charge in [-0.3, -0.25) is 4.79 Å². The first-order valence-electron chi connectivity index (χ1n) is 9.91. The van der Waals surface area contributed by atoms with E-state index in [1.54, 1.807) is 6.92 Å². The van der Waals surface area contributed by atoms with E-state index in [2.05, 4.69) is 5.32 Å². The standard InChI is InChI=1S/C20H30N2O7S/c1-5-13(2)18(20(24)25)21-19(23)14-8-10-22(11-9-14)30(26,27)15-6-7-16(28-3)17(12-15)29-4/h6-7,12-14,18H,5,8-11H2,1-4H3,(H,21,23)(H,24,25)/t13-,18-/m1/s1. The molecule has 1 heterocycles. The second kappa shape index (κ2) is 10.1. The van der Waals surface area contributed by atoms with E-state index in [1.165, 1.54) is 36.7 Å². The summed E-state index contributed by atoms with van der Waals surface area (Å²) in [5, 5.41) is 12.0. The first kappa shape index (κ1) is 23.9. The van der Waals surface area contributed by atoms with Gasteiger partial charge in [0.25, 0.3) is 0 Å². The fraction of sp³-hybridized carbons (Fsp3) is 0.600. The average molecular weight is 443 g/mol. The Morgan fingerprint density at radius 3 is 2.30 bits per heavy atom. The van der Waals surface area contributed by atoms with Crippen LogP contribution in [0.3, 0.4) is 0 Å². The number of methoxy groups -OCH3 is 2. The number of carboxylic acids is 1. The van der Waals surface area contributed by atoms with Gasteiger partial charge in [-0.2, -0.15) is 4.31 Å². The normalized spacial score (nSPS) is 17.7. The fourth-order valence-electron chi connectivity index (χ4n) is 3.44.